The molecule has 0 saturated carbocycles. The minimum Gasteiger partial charge on any atom is -0.512 e. The highest BCUT2D eigenvalue weighted by Gasteiger charge is 1.96. The molecule has 0 fully saturated rings. The van der Waals surface area contributed by atoms with Crippen molar-refractivity contribution in [2.45, 2.75) is 0 Å². The van der Waals surface area contributed by atoms with Crippen molar-refractivity contribution in [1.82, 2.24) is 0 Å². The summed E-state index contributed by atoms with van der Waals surface area (Å²) in [7, 11) is 0. The first kappa shape index (κ1) is 5.81. The van der Waals surface area contributed by atoms with Crippen LogP contribution >= 0.6 is 0 Å². The van der Waals surface area contributed by atoms with Crippen LogP contribution in [-0.2, 0) is 4.79 Å². The molecule has 0 saturated heterocycles. The third-order valence-electron chi connectivity index (χ3n) is 0.375. The molecule has 4 N–H and O–H groups in total. The van der Waals surface area contributed by atoms with Gasteiger partial charge in [0.05, 0.1) is 0 Å². The SMILES string of the molecule is NC(=O)C(O)=CO. The van der Waals surface area contributed by atoms with E-state index in [1.807, 2.05) is 0 Å². The zero-order chi connectivity index (χ0) is 5.86. The first-order valence-electron chi connectivity index (χ1n) is 1.51. The number of carbonyl (C=O) groups excluding carboxylic acids is 1. The van der Waals surface area contributed by atoms with E-state index in [2.05, 4.69) is 5.73 Å². The molecule has 0 aliphatic rings. The van der Waals surface area contributed by atoms with Gasteiger partial charge in [0.2, 0.25) is 5.76 Å². The number of hydrogen-bond acceptors (Lipinski definition) is 3. The molecular weight excluding hydrogens is 98.0 g/mol. The van der Waals surface area contributed by atoms with E-state index in [1.54, 1.807) is 0 Å². The Hall–Kier alpha value is -1.19. The number of aliphatic hydroxyl groups excluding tert-OH is 2. The minimum absolute atomic E-state index is 0.238. The summed E-state index contributed by atoms with van der Waals surface area (Å²) in [5.74, 6) is -1.87. The van der Waals surface area contributed by atoms with Crippen molar-refractivity contribution in [2.75, 3.05) is 0 Å². The number of nitrogens with two attached hydrogens (primary N) is 1. The van der Waals surface area contributed by atoms with E-state index in [-0.39, 0.29) is 6.26 Å². The first-order chi connectivity index (χ1) is 3.18. The largest absolute Gasteiger partial charge is 0.512 e. The second kappa shape index (κ2) is 2.07. The highest BCUT2D eigenvalue weighted by Crippen LogP contribution is 1.78. The van der Waals surface area contributed by atoms with Crippen molar-refractivity contribution in [1.29, 1.82) is 0 Å². The van der Waals surface area contributed by atoms with E-state index in [1.165, 1.54) is 0 Å². The highest BCUT2D eigenvalue weighted by atomic mass is 16.3. The van der Waals surface area contributed by atoms with Crippen molar-refractivity contribution >= 4 is 5.91 Å². The molecule has 1 amide bonds. The van der Waals surface area contributed by atoms with Crippen LogP contribution in [-0.4, -0.2) is 16.1 Å². The number of amides is 1. The van der Waals surface area contributed by atoms with Crippen LogP contribution in [0.15, 0.2) is 12.0 Å². The van der Waals surface area contributed by atoms with Gasteiger partial charge in [0, 0.05) is 0 Å². The molecule has 4 nitrogen and oxygen atoms in total. The van der Waals surface area contributed by atoms with Gasteiger partial charge in [-0.05, 0) is 0 Å². The summed E-state index contributed by atoms with van der Waals surface area (Å²) in [6.07, 6.45) is 0.238. The lowest BCUT2D eigenvalue weighted by molar-refractivity contribution is -0.117. The Morgan fingerprint density at radius 1 is 1.71 bits per heavy atom. The van der Waals surface area contributed by atoms with Gasteiger partial charge in [-0.2, -0.15) is 0 Å². The molecule has 0 unspecified atom stereocenters. The zero-order valence-electron chi connectivity index (χ0n) is 3.46. The predicted octanol–water partition coefficient (Wildman–Crippen LogP) is -0.571. The fourth-order valence-electron chi connectivity index (χ4n) is 0.0636. The number of hydrogen-bond donors (Lipinski definition) is 3. The van der Waals surface area contributed by atoms with Gasteiger partial charge in [-0.3, -0.25) is 4.79 Å². The number of aliphatic hydroxyl groups is 2. The van der Waals surface area contributed by atoms with Gasteiger partial charge in [-0.25, -0.2) is 0 Å². The smallest absolute Gasteiger partial charge is 0.286 e. The summed E-state index contributed by atoms with van der Waals surface area (Å²) in [5.41, 5.74) is 4.43. The summed E-state index contributed by atoms with van der Waals surface area (Å²) in [6.45, 7) is 0. The monoisotopic (exact) mass is 103 g/mol. The van der Waals surface area contributed by atoms with E-state index >= 15 is 0 Å². The molecule has 0 aromatic heterocycles. The van der Waals surface area contributed by atoms with Crippen molar-refractivity contribution in [3.8, 4) is 0 Å². The quantitative estimate of drug-likeness (QED) is 0.307. The summed E-state index contributed by atoms with van der Waals surface area (Å²) in [4.78, 5) is 9.67. The van der Waals surface area contributed by atoms with Gasteiger partial charge >= 0.3 is 0 Å². The molecule has 0 aromatic carbocycles. The normalized spacial score (nSPS) is 11.1. The topological polar surface area (TPSA) is 83.6 Å². The second-order valence-corrected chi connectivity index (χ2v) is 0.879. The Morgan fingerprint density at radius 2 is 2.14 bits per heavy atom. The Bertz CT molecular complexity index is 107. The van der Waals surface area contributed by atoms with Gasteiger partial charge in [-0.15, -0.1) is 0 Å². The number of carbonyl (C=O) groups is 1. The van der Waals surface area contributed by atoms with Crippen LogP contribution in [0.2, 0.25) is 0 Å². The minimum atomic E-state index is -1.04. The molecule has 0 spiro atoms. The molecule has 0 radical (unpaired) electrons. The van der Waals surface area contributed by atoms with Crippen LogP contribution in [0, 0.1) is 0 Å². The maximum atomic E-state index is 9.67. The van der Waals surface area contributed by atoms with Crippen LogP contribution in [0.5, 0.6) is 0 Å². The van der Waals surface area contributed by atoms with Crippen molar-refractivity contribution in [2.24, 2.45) is 5.73 Å². The molecule has 4 heteroatoms. The van der Waals surface area contributed by atoms with Gasteiger partial charge in [0.1, 0.15) is 6.26 Å². The third kappa shape index (κ3) is 1.64. The van der Waals surface area contributed by atoms with Crippen LogP contribution in [0.25, 0.3) is 0 Å². The molecule has 0 aliphatic heterocycles. The summed E-state index contributed by atoms with van der Waals surface area (Å²) in [6, 6.07) is 0. The maximum Gasteiger partial charge on any atom is 0.286 e. The molecule has 0 rings (SSSR count). The number of rotatable bonds is 1. The van der Waals surface area contributed by atoms with Crippen LogP contribution < -0.4 is 5.73 Å². The van der Waals surface area contributed by atoms with Gasteiger partial charge < -0.3 is 15.9 Å². The standard InChI is InChI=1S/C3H5NO3/c4-3(7)2(6)1-5/h1,5-6H,(H2,4,7). The van der Waals surface area contributed by atoms with Crippen molar-refractivity contribution < 1.29 is 15.0 Å². The Balaban J connectivity index is 3.82. The molecule has 0 aromatic rings. The molecule has 0 heterocycles. The van der Waals surface area contributed by atoms with Gasteiger partial charge in [-0.1, -0.05) is 0 Å². The van der Waals surface area contributed by atoms with E-state index in [0.717, 1.165) is 0 Å². The fraction of sp³-hybridized carbons (Fsp3) is 0. The van der Waals surface area contributed by atoms with E-state index in [9.17, 15) is 4.79 Å². The Labute approximate surface area is 39.9 Å². The maximum absolute atomic E-state index is 9.67. The summed E-state index contributed by atoms with van der Waals surface area (Å²) < 4.78 is 0. The number of primary amides is 1. The van der Waals surface area contributed by atoms with Gasteiger partial charge in [0.25, 0.3) is 5.91 Å². The average Bonchev–Trinajstić information content (AvgIpc) is 1.65. The Kier molecular flexibility index (Phi) is 1.72. The van der Waals surface area contributed by atoms with Crippen molar-refractivity contribution in [3.05, 3.63) is 12.0 Å². The molecule has 0 aliphatic carbocycles. The lowest BCUT2D eigenvalue weighted by Gasteiger charge is -1.84. The van der Waals surface area contributed by atoms with Crippen LogP contribution in [0.4, 0.5) is 0 Å². The predicted molar refractivity (Wildman–Crippen MR) is 22.5 cm³/mol. The first-order valence-corrected chi connectivity index (χ1v) is 1.51. The molecule has 0 atom stereocenters. The summed E-state index contributed by atoms with van der Waals surface area (Å²) in [5, 5.41) is 15.9. The zero-order valence-corrected chi connectivity index (χ0v) is 3.46. The molecular formula is C3H5NO3. The molecule has 0 bridgehead atoms. The summed E-state index contributed by atoms with van der Waals surface area (Å²) >= 11 is 0. The van der Waals surface area contributed by atoms with E-state index in [0.29, 0.717) is 0 Å². The van der Waals surface area contributed by atoms with E-state index in [4.69, 9.17) is 10.2 Å². The van der Waals surface area contributed by atoms with Crippen molar-refractivity contribution in [3.63, 3.8) is 0 Å². The lowest BCUT2D eigenvalue weighted by Crippen LogP contribution is -2.12. The van der Waals surface area contributed by atoms with Crippen LogP contribution in [0.1, 0.15) is 0 Å². The Morgan fingerprint density at radius 3 is 2.14 bits per heavy atom. The van der Waals surface area contributed by atoms with Crippen LogP contribution in [0.3, 0.4) is 0 Å². The fourth-order valence-corrected chi connectivity index (χ4v) is 0.0636. The third-order valence-corrected chi connectivity index (χ3v) is 0.375. The molecule has 40 valence electrons. The van der Waals surface area contributed by atoms with Gasteiger partial charge in [0.15, 0.2) is 0 Å². The average molecular weight is 103 g/mol. The molecule has 7 heavy (non-hydrogen) atoms. The lowest BCUT2D eigenvalue weighted by atomic mass is 10.5. The second-order valence-electron chi connectivity index (χ2n) is 0.879. The highest BCUT2D eigenvalue weighted by molar-refractivity contribution is 5.88. The van der Waals surface area contributed by atoms with E-state index < -0.39 is 11.7 Å².